The molecule has 0 amide bonds. The van der Waals surface area contributed by atoms with Gasteiger partial charge in [0.2, 0.25) is 0 Å². The lowest BCUT2D eigenvalue weighted by atomic mass is 9.65. The lowest BCUT2D eigenvalue weighted by molar-refractivity contribution is -0.166. The first-order valence-electron chi connectivity index (χ1n) is 15.2. The summed E-state index contributed by atoms with van der Waals surface area (Å²) in [5.41, 5.74) is 0.795. The molecule has 228 valence electrons. The summed E-state index contributed by atoms with van der Waals surface area (Å²) in [6.45, 7) is 11.5. The van der Waals surface area contributed by atoms with Crippen molar-refractivity contribution in [3.63, 3.8) is 0 Å². The SMILES string of the molecule is CCC(C)(C)C(=O)O[C@@H]1C[C@H](C)C=C2C=C[C@@H](C)[C@@H](CC[C@@H]3C[C@H](OC(=O)c4ccccc4OC(C)=O)CC(=O)O3)[C@@H]21. The number of ether oxygens (including phenoxy) is 4. The van der Waals surface area contributed by atoms with Gasteiger partial charge in [0.1, 0.15) is 29.6 Å². The van der Waals surface area contributed by atoms with Crippen molar-refractivity contribution in [3.8, 4) is 5.75 Å². The predicted octanol–water partition coefficient (Wildman–Crippen LogP) is 6.38. The fraction of sp³-hybridized carbons (Fsp3) is 0.588. The van der Waals surface area contributed by atoms with Crippen molar-refractivity contribution >= 4 is 23.9 Å². The van der Waals surface area contributed by atoms with Gasteiger partial charge >= 0.3 is 23.9 Å². The van der Waals surface area contributed by atoms with Crippen LogP contribution in [0.25, 0.3) is 0 Å². The Balaban J connectivity index is 1.44. The Morgan fingerprint density at radius 3 is 2.50 bits per heavy atom. The van der Waals surface area contributed by atoms with E-state index in [1.54, 1.807) is 12.1 Å². The normalized spacial score (nSPS) is 29.0. The number of rotatable bonds is 9. The van der Waals surface area contributed by atoms with Gasteiger partial charge < -0.3 is 18.9 Å². The zero-order valence-corrected chi connectivity index (χ0v) is 25.6. The Hall–Kier alpha value is -3.42. The van der Waals surface area contributed by atoms with Crippen LogP contribution in [0.1, 0.15) is 90.4 Å². The summed E-state index contributed by atoms with van der Waals surface area (Å²) < 4.78 is 22.8. The zero-order valence-electron chi connectivity index (χ0n) is 25.6. The molecule has 0 unspecified atom stereocenters. The third-order valence-corrected chi connectivity index (χ3v) is 8.96. The summed E-state index contributed by atoms with van der Waals surface area (Å²) in [6.07, 6.45) is 8.64. The zero-order chi connectivity index (χ0) is 30.6. The predicted molar refractivity (Wildman–Crippen MR) is 156 cm³/mol. The quantitative estimate of drug-likeness (QED) is 0.188. The summed E-state index contributed by atoms with van der Waals surface area (Å²) in [5.74, 6) is -0.809. The summed E-state index contributed by atoms with van der Waals surface area (Å²) in [7, 11) is 0. The molecule has 3 aliphatic rings. The molecule has 0 N–H and O–H groups in total. The fourth-order valence-electron chi connectivity index (χ4n) is 6.25. The van der Waals surface area contributed by atoms with Crippen LogP contribution in [0.5, 0.6) is 5.75 Å². The molecule has 0 radical (unpaired) electrons. The van der Waals surface area contributed by atoms with E-state index in [4.69, 9.17) is 18.9 Å². The molecule has 42 heavy (non-hydrogen) atoms. The van der Waals surface area contributed by atoms with Crippen molar-refractivity contribution in [2.45, 2.75) is 98.4 Å². The van der Waals surface area contributed by atoms with Crippen LogP contribution in [0.15, 0.2) is 48.1 Å². The lowest BCUT2D eigenvalue weighted by Gasteiger charge is -2.44. The van der Waals surface area contributed by atoms with Gasteiger partial charge in [-0.2, -0.15) is 0 Å². The van der Waals surface area contributed by atoms with E-state index in [-0.39, 0.29) is 47.6 Å². The number of hydrogen-bond donors (Lipinski definition) is 0. The lowest BCUT2D eigenvalue weighted by Crippen LogP contribution is -2.43. The fourth-order valence-corrected chi connectivity index (χ4v) is 6.25. The maximum absolute atomic E-state index is 13.1. The van der Waals surface area contributed by atoms with E-state index in [9.17, 15) is 19.2 Å². The third kappa shape index (κ3) is 7.50. The van der Waals surface area contributed by atoms with E-state index in [0.29, 0.717) is 25.2 Å². The van der Waals surface area contributed by atoms with Crippen molar-refractivity contribution in [3.05, 3.63) is 53.6 Å². The first-order chi connectivity index (χ1) is 19.9. The molecule has 1 heterocycles. The van der Waals surface area contributed by atoms with E-state index in [1.165, 1.54) is 24.6 Å². The van der Waals surface area contributed by atoms with Gasteiger partial charge in [0.05, 0.1) is 11.8 Å². The molecular weight excluding hydrogens is 536 g/mol. The van der Waals surface area contributed by atoms with Gasteiger partial charge in [-0.25, -0.2) is 4.79 Å². The Labute approximate surface area is 248 Å². The van der Waals surface area contributed by atoms with Crippen molar-refractivity contribution < 1.29 is 38.1 Å². The number of carbonyl (C=O) groups is 4. The summed E-state index contributed by atoms with van der Waals surface area (Å²) >= 11 is 0. The van der Waals surface area contributed by atoms with Gasteiger partial charge in [-0.3, -0.25) is 14.4 Å². The number of carbonyl (C=O) groups excluding carboxylic acids is 4. The number of esters is 4. The highest BCUT2D eigenvalue weighted by Crippen LogP contribution is 2.45. The van der Waals surface area contributed by atoms with E-state index in [2.05, 4.69) is 32.1 Å². The molecular formula is C34H44O8. The number of cyclic esters (lactones) is 1. The van der Waals surface area contributed by atoms with Gasteiger partial charge in [0, 0.05) is 19.3 Å². The highest BCUT2D eigenvalue weighted by Gasteiger charge is 2.43. The average Bonchev–Trinajstić information content (AvgIpc) is 2.92. The first-order valence-corrected chi connectivity index (χ1v) is 15.2. The second kappa shape index (κ2) is 13.3. The molecule has 1 aliphatic heterocycles. The molecule has 1 aromatic rings. The number of allylic oxidation sites excluding steroid dienone is 3. The van der Waals surface area contributed by atoms with Crippen LogP contribution in [0.4, 0.5) is 0 Å². The van der Waals surface area contributed by atoms with E-state index in [1.807, 2.05) is 20.8 Å². The van der Waals surface area contributed by atoms with Crippen molar-refractivity contribution in [2.24, 2.45) is 29.1 Å². The summed E-state index contributed by atoms with van der Waals surface area (Å²) in [5, 5.41) is 0. The van der Waals surface area contributed by atoms with E-state index >= 15 is 0 Å². The van der Waals surface area contributed by atoms with Crippen LogP contribution in [0, 0.1) is 29.1 Å². The molecule has 0 aromatic heterocycles. The smallest absolute Gasteiger partial charge is 0.342 e. The topological polar surface area (TPSA) is 105 Å². The van der Waals surface area contributed by atoms with Gasteiger partial charge in [-0.1, -0.05) is 51.1 Å². The average molecular weight is 581 g/mol. The molecule has 1 aromatic carbocycles. The molecule has 4 rings (SSSR count). The minimum atomic E-state index is -0.651. The van der Waals surface area contributed by atoms with Crippen LogP contribution >= 0.6 is 0 Å². The van der Waals surface area contributed by atoms with E-state index in [0.717, 1.165) is 12.8 Å². The van der Waals surface area contributed by atoms with Crippen molar-refractivity contribution in [1.29, 1.82) is 0 Å². The van der Waals surface area contributed by atoms with Gasteiger partial charge in [-0.05, 0) is 75.0 Å². The molecule has 1 fully saturated rings. The Bertz CT molecular complexity index is 1240. The highest BCUT2D eigenvalue weighted by molar-refractivity contribution is 5.93. The van der Waals surface area contributed by atoms with Crippen LogP contribution in [-0.2, 0) is 28.6 Å². The standard InChI is InChI=1S/C34H44O8/c1-7-34(5,6)33(38)42-29-17-20(2)16-23-13-12-21(3)26(31(23)29)15-14-24-18-25(19-30(36)40-24)41-32(37)27-10-8-9-11-28(27)39-22(4)35/h8-13,16,20-21,24-26,29,31H,7,14-15,17-19H2,1-6H3/t20-,21-,24-,25+,26-,29-,31-/m1/s1. The number of hydrogen-bond acceptors (Lipinski definition) is 8. The van der Waals surface area contributed by atoms with Gasteiger partial charge in [0.25, 0.3) is 0 Å². The van der Waals surface area contributed by atoms with Crippen LogP contribution in [0.3, 0.4) is 0 Å². The molecule has 7 atom stereocenters. The summed E-state index contributed by atoms with van der Waals surface area (Å²) in [6, 6.07) is 6.37. The highest BCUT2D eigenvalue weighted by atomic mass is 16.6. The molecule has 0 bridgehead atoms. The Kier molecular flexibility index (Phi) is 9.95. The molecule has 0 saturated carbocycles. The van der Waals surface area contributed by atoms with Gasteiger partial charge in [-0.15, -0.1) is 0 Å². The molecule has 2 aliphatic carbocycles. The minimum Gasteiger partial charge on any atom is -0.462 e. The molecule has 8 heteroatoms. The van der Waals surface area contributed by atoms with E-state index < -0.39 is 35.5 Å². The maximum atomic E-state index is 13.1. The molecule has 1 saturated heterocycles. The number of fused-ring (bicyclic) bond motifs is 1. The largest absolute Gasteiger partial charge is 0.462 e. The Morgan fingerprint density at radius 2 is 1.79 bits per heavy atom. The van der Waals surface area contributed by atoms with Gasteiger partial charge in [0.15, 0.2) is 0 Å². The van der Waals surface area contributed by atoms with Crippen molar-refractivity contribution in [1.82, 2.24) is 0 Å². The number of benzene rings is 1. The van der Waals surface area contributed by atoms with Crippen molar-refractivity contribution in [2.75, 3.05) is 0 Å². The monoisotopic (exact) mass is 580 g/mol. The maximum Gasteiger partial charge on any atom is 0.342 e. The van der Waals surface area contributed by atoms with Crippen LogP contribution < -0.4 is 4.74 Å². The minimum absolute atomic E-state index is 0.0286. The Morgan fingerprint density at radius 1 is 1.05 bits per heavy atom. The number of para-hydroxylation sites is 1. The molecule has 0 spiro atoms. The van der Waals surface area contributed by atoms with Crippen LogP contribution in [-0.4, -0.2) is 42.2 Å². The second-order valence-corrected chi connectivity index (χ2v) is 12.7. The third-order valence-electron chi connectivity index (χ3n) is 8.96. The first kappa shape index (κ1) is 31.5. The second-order valence-electron chi connectivity index (χ2n) is 12.7. The molecule has 8 nitrogen and oxygen atoms in total. The van der Waals surface area contributed by atoms with Crippen LogP contribution in [0.2, 0.25) is 0 Å². The summed E-state index contributed by atoms with van der Waals surface area (Å²) in [4.78, 5) is 50.0.